The van der Waals surface area contributed by atoms with Gasteiger partial charge in [-0.1, -0.05) is 6.58 Å². The zero-order valence-electron chi connectivity index (χ0n) is 22.5. The van der Waals surface area contributed by atoms with Crippen LogP contribution in [0.3, 0.4) is 0 Å². The molecule has 5 N–H and O–H groups in total. The Kier molecular flexibility index (Phi) is 5.72. The monoisotopic (exact) mass is 535 g/mol. The predicted octanol–water partition coefficient (Wildman–Crippen LogP) is 4.60. The molecule has 1 saturated carbocycles. The minimum absolute atomic E-state index is 0.284. The molecule has 40 heavy (non-hydrogen) atoms. The van der Waals surface area contributed by atoms with Gasteiger partial charge in [0.25, 0.3) is 0 Å². The van der Waals surface area contributed by atoms with E-state index in [1.165, 1.54) is 5.56 Å². The third-order valence-electron chi connectivity index (χ3n) is 8.87. The lowest BCUT2D eigenvalue weighted by Gasteiger charge is -2.41. The van der Waals surface area contributed by atoms with Crippen molar-refractivity contribution in [3.05, 3.63) is 60.2 Å². The first-order valence-corrected chi connectivity index (χ1v) is 13.9. The number of pyridine rings is 1. The molecular weight excluding hydrogens is 502 g/mol. The third-order valence-corrected chi connectivity index (χ3v) is 8.87. The number of ether oxygens (including phenoxy) is 1. The normalized spacial score (nSPS) is 22.7. The van der Waals surface area contributed by atoms with Gasteiger partial charge in [-0.25, -0.2) is 9.98 Å². The molecule has 0 amide bonds. The van der Waals surface area contributed by atoms with E-state index < -0.39 is 0 Å². The molecule has 0 radical (unpaired) electrons. The number of aromatic nitrogens is 4. The average Bonchev–Trinajstić information content (AvgIpc) is 3.65. The zero-order valence-corrected chi connectivity index (χ0v) is 22.5. The van der Waals surface area contributed by atoms with Crippen molar-refractivity contribution in [1.82, 2.24) is 24.5 Å². The van der Waals surface area contributed by atoms with Crippen LogP contribution in [-0.2, 0) is 0 Å². The van der Waals surface area contributed by atoms with E-state index in [1.54, 1.807) is 7.11 Å². The van der Waals surface area contributed by atoms with Crippen molar-refractivity contribution in [2.45, 2.75) is 62.4 Å². The molecule has 4 aromatic rings. The minimum atomic E-state index is 0.284. The van der Waals surface area contributed by atoms with Gasteiger partial charge in [-0.3, -0.25) is 10.4 Å². The molecule has 3 aliphatic rings. The molecule has 7 rings (SSSR count). The summed E-state index contributed by atoms with van der Waals surface area (Å²) < 4.78 is 7.24. The molecule has 1 aliphatic carbocycles. The van der Waals surface area contributed by atoms with Crippen molar-refractivity contribution in [2.75, 3.05) is 12.8 Å². The standard InChI is InChI=1S/C30H33N9O/c1-16(28(32)35-15-31)38-21-5-6-22(38)11-19(10-21)27-26(17-3-4-17)29(33)39-30(37-27)24(14-36-39)20-9-18-12-23(40-2)7-8-25(18)34-13-20/h7-9,12-15,17,19,21-22H,1,3-6,10-11,33H2,2H3,(H3,31,32,35)/t19?,21-,22?/m0/s1. The Hall–Kier alpha value is -4.47. The van der Waals surface area contributed by atoms with Gasteiger partial charge < -0.3 is 21.1 Å². The lowest BCUT2D eigenvalue weighted by molar-refractivity contribution is 0.177. The van der Waals surface area contributed by atoms with E-state index in [9.17, 15) is 0 Å². The van der Waals surface area contributed by atoms with E-state index in [0.29, 0.717) is 29.7 Å². The third kappa shape index (κ3) is 3.89. The number of hydrogen-bond acceptors (Lipinski definition) is 7. The Balaban J connectivity index is 1.30. The summed E-state index contributed by atoms with van der Waals surface area (Å²) in [5.41, 5.74) is 19.5. The number of nitrogens with two attached hydrogens (primary N) is 2. The van der Waals surface area contributed by atoms with Crippen LogP contribution in [0.25, 0.3) is 27.7 Å². The SMILES string of the molecule is C=C(C(N)=NC=N)N1C2CC[C@H]1CC(c1nc3c(-c4cnc5ccc(OC)cc5c4)cnn3c(N)c1C1CC1)C2. The summed E-state index contributed by atoms with van der Waals surface area (Å²) in [6.45, 7) is 4.22. The average molecular weight is 536 g/mol. The first-order chi connectivity index (χ1) is 19.5. The molecule has 10 heteroatoms. The molecule has 1 aromatic carbocycles. The molecular formula is C30H33N9O. The summed E-state index contributed by atoms with van der Waals surface area (Å²) >= 11 is 0. The van der Waals surface area contributed by atoms with Crippen LogP contribution in [0.15, 0.2) is 53.9 Å². The van der Waals surface area contributed by atoms with Gasteiger partial charge in [-0.2, -0.15) is 9.61 Å². The Labute approximate surface area is 232 Å². The van der Waals surface area contributed by atoms with E-state index in [-0.39, 0.29) is 5.92 Å². The fourth-order valence-corrected chi connectivity index (χ4v) is 6.85. The van der Waals surface area contributed by atoms with Crippen molar-refractivity contribution in [1.29, 1.82) is 5.41 Å². The van der Waals surface area contributed by atoms with Crippen molar-refractivity contribution in [3.63, 3.8) is 0 Å². The second-order valence-corrected chi connectivity index (χ2v) is 11.2. The lowest BCUT2D eigenvalue weighted by atomic mass is 9.84. The second-order valence-electron chi connectivity index (χ2n) is 11.2. The van der Waals surface area contributed by atoms with Gasteiger partial charge in [0, 0.05) is 46.3 Å². The van der Waals surface area contributed by atoms with Gasteiger partial charge in [-0.15, -0.1) is 0 Å². The highest BCUT2D eigenvalue weighted by Gasteiger charge is 2.44. The van der Waals surface area contributed by atoms with E-state index in [4.69, 9.17) is 36.7 Å². The second kappa shape index (κ2) is 9.32. The van der Waals surface area contributed by atoms with Gasteiger partial charge in [-0.05, 0) is 68.7 Å². The molecule has 10 nitrogen and oxygen atoms in total. The maximum atomic E-state index is 7.29. The molecule has 5 heterocycles. The Morgan fingerprint density at radius 1 is 1.12 bits per heavy atom. The van der Waals surface area contributed by atoms with Crippen LogP contribution in [0.4, 0.5) is 5.82 Å². The van der Waals surface area contributed by atoms with Gasteiger partial charge in [0.2, 0.25) is 0 Å². The molecule has 2 aliphatic heterocycles. The Bertz CT molecular complexity index is 1690. The zero-order chi connectivity index (χ0) is 27.5. The smallest absolute Gasteiger partial charge is 0.165 e. The Morgan fingerprint density at radius 3 is 2.60 bits per heavy atom. The van der Waals surface area contributed by atoms with Crippen molar-refractivity contribution >= 4 is 34.5 Å². The maximum absolute atomic E-state index is 7.29. The van der Waals surface area contributed by atoms with Crippen molar-refractivity contribution in [3.8, 4) is 16.9 Å². The van der Waals surface area contributed by atoms with Gasteiger partial charge in [0.1, 0.15) is 23.7 Å². The first kappa shape index (κ1) is 24.6. The summed E-state index contributed by atoms with van der Waals surface area (Å²) in [5.74, 6) is 2.53. The maximum Gasteiger partial charge on any atom is 0.165 e. The van der Waals surface area contributed by atoms with E-state index in [1.807, 2.05) is 35.1 Å². The summed E-state index contributed by atoms with van der Waals surface area (Å²) in [6, 6.07) is 8.61. The molecule has 2 bridgehead atoms. The fourth-order valence-electron chi connectivity index (χ4n) is 6.85. The number of aliphatic imine (C=N–C) groups is 1. The van der Waals surface area contributed by atoms with Crippen molar-refractivity contribution in [2.24, 2.45) is 10.7 Å². The number of nitrogen functional groups attached to an aromatic ring is 1. The van der Waals surface area contributed by atoms with Gasteiger partial charge in [0.05, 0.1) is 30.2 Å². The first-order valence-electron chi connectivity index (χ1n) is 13.9. The van der Waals surface area contributed by atoms with Crippen LogP contribution >= 0.6 is 0 Å². The van der Waals surface area contributed by atoms with Crippen LogP contribution in [0, 0.1) is 5.41 Å². The highest BCUT2D eigenvalue weighted by molar-refractivity contribution is 5.99. The molecule has 3 aromatic heterocycles. The summed E-state index contributed by atoms with van der Waals surface area (Å²) in [4.78, 5) is 16.3. The van der Waals surface area contributed by atoms with E-state index >= 15 is 0 Å². The van der Waals surface area contributed by atoms with Crippen LogP contribution < -0.4 is 16.2 Å². The number of piperidine rings is 1. The number of hydrogen-bond donors (Lipinski definition) is 3. The van der Waals surface area contributed by atoms with Crippen LogP contribution in [0.1, 0.15) is 61.6 Å². The topological polar surface area (TPSA) is 144 Å². The van der Waals surface area contributed by atoms with Crippen LogP contribution in [0.2, 0.25) is 0 Å². The van der Waals surface area contributed by atoms with Gasteiger partial charge >= 0.3 is 0 Å². The molecule has 3 atom stereocenters. The fraction of sp³-hybridized carbons (Fsp3) is 0.367. The molecule has 3 fully saturated rings. The highest BCUT2D eigenvalue weighted by Crippen LogP contribution is 2.51. The lowest BCUT2D eigenvalue weighted by Crippen LogP contribution is -2.44. The van der Waals surface area contributed by atoms with Gasteiger partial charge in [0.15, 0.2) is 5.65 Å². The number of fused-ring (bicyclic) bond motifs is 4. The van der Waals surface area contributed by atoms with E-state index in [2.05, 4.69) is 22.5 Å². The highest BCUT2D eigenvalue weighted by atomic mass is 16.5. The number of anilines is 1. The largest absolute Gasteiger partial charge is 0.497 e. The molecule has 2 saturated heterocycles. The summed E-state index contributed by atoms with van der Waals surface area (Å²) in [6.07, 6.45) is 11.0. The number of amidine groups is 1. The van der Waals surface area contributed by atoms with Crippen LogP contribution in [-0.4, -0.2) is 55.8 Å². The van der Waals surface area contributed by atoms with E-state index in [0.717, 1.165) is 89.7 Å². The number of methoxy groups -OCH3 is 1. The quantitative estimate of drug-likeness (QED) is 0.232. The van der Waals surface area contributed by atoms with Crippen molar-refractivity contribution < 1.29 is 4.74 Å². The number of rotatable bonds is 7. The molecule has 0 spiro atoms. The predicted molar refractivity (Wildman–Crippen MR) is 157 cm³/mol. The number of benzene rings is 1. The minimum Gasteiger partial charge on any atom is -0.497 e. The van der Waals surface area contributed by atoms with Crippen LogP contribution in [0.5, 0.6) is 5.75 Å². The molecule has 2 unspecified atom stereocenters. The number of nitrogens with one attached hydrogen (secondary N) is 1. The molecule has 204 valence electrons. The number of nitrogens with zero attached hydrogens (tertiary/aromatic N) is 6. The summed E-state index contributed by atoms with van der Waals surface area (Å²) in [7, 11) is 1.67. The summed E-state index contributed by atoms with van der Waals surface area (Å²) in [5, 5.41) is 13.0. The Morgan fingerprint density at radius 2 is 1.90 bits per heavy atom.